The number of anilines is 2. The number of fused-ring (bicyclic) bond motifs is 2. The zero-order valence-electron chi connectivity index (χ0n) is 27.1. The predicted octanol–water partition coefficient (Wildman–Crippen LogP) is 0.780. The van der Waals surface area contributed by atoms with Crippen LogP contribution < -0.4 is 26.1 Å². The Morgan fingerprint density at radius 2 is 1.50 bits per heavy atom. The number of nitrogens with zero attached hydrogens (tertiary/aromatic N) is 2. The molecule has 0 fully saturated rings. The van der Waals surface area contributed by atoms with Gasteiger partial charge >= 0.3 is 23.9 Å². The summed E-state index contributed by atoms with van der Waals surface area (Å²) in [4.78, 5) is 83.9. The Labute approximate surface area is 292 Å². The van der Waals surface area contributed by atoms with E-state index in [-0.39, 0.29) is 76.9 Å². The first-order valence-corrected chi connectivity index (χ1v) is 15.2. The molecule has 0 saturated carbocycles. The highest BCUT2D eigenvalue weighted by atomic mass is 16.5. The molecule has 0 radical (unpaired) electrons. The molecule has 52 heavy (non-hydrogen) atoms. The van der Waals surface area contributed by atoms with Gasteiger partial charge in [0.15, 0.2) is 0 Å². The van der Waals surface area contributed by atoms with E-state index in [1.54, 1.807) is 0 Å². The van der Waals surface area contributed by atoms with Gasteiger partial charge in [0.25, 0.3) is 5.91 Å². The van der Waals surface area contributed by atoms with Crippen LogP contribution in [0, 0.1) is 0 Å². The maximum absolute atomic E-state index is 12.7. The van der Waals surface area contributed by atoms with Crippen LogP contribution in [0.5, 0.6) is 11.5 Å². The second-order valence-corrected chi connectivity index (χ2v) is 11.1. The van der Waals surface area contributed by atoms with Crippen molar-refractivity contribution in [2.45, 2.75) is 0 Å². The van der Waals surface area contributed by atoms with Crippen molar-refractivity contribution in [3.8, 4) is 33.9 Å². The van der Waals surface area contributed by atoms with E-state index in [2.05, 4.69) is 5.32 Å². The third kappa shape index (κ3) is 9.49. The van der Waals surface area contributed by atoms with Crippen LogP contribution in [0.3, 0.4) is 0 Å². The lowest BCUT2D eigenvalue weighted by Crippen LogP contribution is -2.37. The van der Waals surface area contributed by atoms with Crippen molar-refractivity contribution in [1.29, 1.82) is 0 Å². The molecule has 2 aliphatic rings. The predicted molar refractivity (Wildman–Crippen MR) is 180 cm³/mol. The van der Waals surface area contributed by atoms with Crippen LogP contribution in [0.25, 0.3) is 33.4 Å². The first kappa shape index (κ1) is 38.1. The minimum atomic E-state index is -1.35. The summed E-state index contributed by atoms with van der Waals surface area (Å²) in [5.41, 5.74) is 5.33. The number of primary amides is 1. The Bertz CT molecular complexity index is 2030. The number of carboxylic acid groups (broad SMARTS) is 4. The molecule has 19 nitrogen and oxygen atoms in total. The number of benzene rings is 3. The zero-order valence-corrected chi connectivity index (χ0v) is 27.1. The maximum Gasteiger partial charge on any atom is 0.323 e. The highest BCUT2D eigenvalue weighted by Crippen LogP contribution is 2.44. The fourth-order valence-electron chi connectivity index (χ4n) is 5.34. The van der Waals surface area contributed by atoms with Crippen molar-refractivity contribution in [2.75, 3.05) is 62.8 Å². The second-order valence-electron chi connectivity index (χ2n) is 11.1. The summed E-state index contributed by atoms with van der Waals surface area (Å²) in [5, 5.41) is 50.1. The number of aromatic hydroxyl groups is 1. The maximum atomic E-state index is 12.7. The summed E-state index contributed by atoms with van der Waals surface area (Å²) in [6.45, 7) is -3.02. The molecule has 2 aromatic carbocycles. The molecule has 8 N–H and O–H groups in total. The van der Waals surface area contributed by atoms with Crippen molar-refractivity contribution < 1.29 is 68.2 Å². The highest BCUT2D eigenvalue weighted by Gasteiger charge is 2.25. The summed E-state index contributed by atoms with van der Waals surface area (Å²) in [7, 11) is 0. The van der Waals surface area contributed by atoms with Crippen molar-refractivity contribution in [2.24, 2.45) is 5.73 Å². The van der Waals surface area contributed by atoms with Gasteiger partial charge in [0.1, 0.15) is 42.5 Å². The molecule has 0 aromatic heterocycles. The summed E-state index contributed by atoms with van der Waals surface area (Å²) in [5.74, 6) is -6.68. The van der Waals surface area contributed by atoms with Crippen LogP contribution in [-0.2, 0) is 28.7 Å². The smallest absolute Gasteiger partial charge is 0.323 e. The van der Waals surface area contributed by atoms with Crippen molar-refractivity contribution in [3.63, 3.8) is 0 Å². The number of rotatable bonds is 20. The van der Waals surface area contributed by atoms with Gasteiger partial charge in [0, 0.05) is 35.2 Å². The fraction of sp³-hybridized carbons (Fsp3) is 0.242. The monoisotopic (exact) mass is 724 g/mol. The zero-order chi connectivity index (χ0) is 38.1. The lowest BCUT2D eigenvalue weighted by Gasteiger charge is -2.25. The van der Waals surface area contributed by atoms with Gasteiger partial charge in [-0.1, -0.05) is 6.07 Å². The molecule has 1 aliphatic heterocycles. The first-order valence-electron chi connectivity index (χ1n) is 15.2. The molecule has 19 heteroatoms. The number of ether oxygens (including phenoxy) is 2. The Morgan fingerprint density at radius 3 is 2.10 bits per heavy atom. The Balaban J connectivity index is 1.81. The summed E-state index contributed by atoms with van der Waals surface area (Å²) >= 11 is 0. The van der Waals surface area contributed by atoms with Crippen LogP contribution in [0.2, 0.25) is 0 Å². The van der Waals surface area contributed by atoms with Crippen molar-refractivity contribution in [3.05, 3.63) is 58.3 Å². The van der Waals surface area contributed by atoms with Gasteiger partial charge in [0.05, 0.1) is 43.2 Å². The number of aliphatic carboxylic acids is 4. The number of phenols is 1. The van der Waals surface area contributed by atoms with E-state index in [1.165, 1.54) is 30.3 Å². The summed E-state index contributed by atoms with van der Waals surface area (Å²) in [6, 6.07) is 9.10. The van der Waals surface area contributed by atoms with Crippen LogP contribution in [0.4, 0.5) is 11.4 Å². The first-order chi connectivity index (χ1) is 24.7. The molecule has 0 atom stereocenters. The normalized spacial score (nSPS) is 11.0. The number of hydrogen-bond acceptors (Lipinski definition) is 13. The number of nitrogens with two attached hydrogens (primary N) is 1. The largest absolute Gasteiger partial charge is 0.507 e. The van der Waals surface area contributed by atoms with Gasteiger partial charge in [-0.25, -0.2) is 0 Å². The summed E-state index contributed by atoms with van der Waals surface area (Å²) in [6.07, 6.45) is 0.293. The molecule has 0 saturated heterocycles. The van der Waals surface area contributed by atoms with E-state index in [1.807, 2.05) is 0 Å². The van der Waals surface area contributed by atoms with Gasteiger partial charge in [-0.05, 0) is 29.8 Å². The van der Waals surface area contributed by atoms with Crippen molar-refractivity contribution in [1.82, 2.24) is 4.90 Å². The lowest BCUT2D eigenvalue weighted by molar-refractivity contribution is -0.142. The number of hydrogen-bond donors (Lipinski definition) is 7. The average molecular weight is 725 g/mol. The molecular weight excluding hydrogens is 692 g/mol. The van der Waals surface area contributed by atoms with Gasteiger partial charge in [0.2, 0.25) is 11.8 Å². The fourth-order valence-corrected chi connectivity index (χ4v) is 5.34. The number of amides is 2. The Kier molecular flexibility index (Phi) is 12.3. The van der Waals surface area contributed by atoms with Gasteiger partial charge in [-0.3, -0.25) is 38.5 Å². The Hall–Kier alpha value is -6.73. The van der Waals surface area contributed by atoms with Gasteiger partial charge in [-0.2, -0.15) is 0 Å². The topological polar surface area (TPSA) is 297 Å². The molecular formula is C33H32N4O15. The standard InChI is InChI=1S/C33H32N4O15/c34-33(49)18-8-19-25(10-23(18)39)52-26-11-24(40)21(35-16-38)9-20(26)32(19)17-1-2-22(37(14-30(45)46)15-31(47)48)27(7-17)51-6-5-50-4-3-36(12-28(41)42)13-29(43)44/h1-2,7-11,16,39H,3-6,12-15H2,(H2,34,49)(H,35,38)(H,41,42)(H,43,44)(H,45,46)(H,47,48). The van der Waals surface area contributed by atoms with Crippen LogP contribution in [-0.4, -0.2) is 119 Å². The van der Waals surface area contributed by atoms with Crippen molar-refractivity contribution >= 4 is 58.5 Å². The van der Waals surface area contributed by atoms with E-state index < -0.39 is 67.1 Å². The molecule has 1 heterocycles. The Morgan fingerprint density at radius 1 is 0.846 bits per heavy atom. The average Bonchev–Trinajstić information content (AvgIpc) is 3.04. The third-order valence-corrected chi connectivity index (χ3v) is 7.41. The number of nitrogens with one attached hydrogen (secondary N) is 1. The van der Waals surface area contributed by atoms with Crippen LogP contribution in [0.15, 0.2) is 51.7 Å². The molecule has 2 aromatic rings. The molecule has 4 rings (SSSR count). The number of carbonyl (C=O) groups excluding carboxylic acids is 2. The molecule has 1 aliphatic carbocycles. The third-order valence-electron chi connectivity index (χ3n) is 7.41. The second kappa shape index (κ2) is 16.8. The minimum absolute atomic E-state index is 0.00772. The van der Waals surface area contributed by atoms with Gasteiger partial charge in [-0.15, -0.1) is 0 Å². The minimum Gasteiger partial charge on any atom is -0.507 e. The van der Waals surface area contributed by atoms with Crippen LogP contribution in [0.1, 0.15) is 10.4 Å². The SMILES string of the molecule is NC(=O)c1cc2c(-c3ccc(N(CC(=O)O)CC(=O)O)c(OCCOCCN(CC(=O)O)CC(=O)O)c3)c3cc(NC=O)c(=O)cc-3oc2cc1O. The summed E-state index contributed by atoms with van der Waals surface area (Å²) < 4.78 is 17.4. The van der Waals surface area contributed by atoms with E-state index in [4.69, 9.17) is 29.8 Å². The molecule has 0 spiro atoms. The van der Waals surface area contributed by atoms with E-state index in [9.17, 15) is 48.9 Å². The van der Waals surface area contributed by atoms with E-state index in [0.29, 0.717) is 12.0 Å². The van der Waals surface area contributed by atoms with E-state index in [0.717, 1.165) is 21.9 Å². The molecule has 0 unspecified atom stereocenters. The van der Waals surface area contributed by atoms with Crippen LogP contribution >= 0.6 is 0 Å². The number of carbonyl (C=O) groups is 6. The highest BCUT2D eigenvalue weighted by molar-refractivity contribution is 6.07. The lowest BCUT2D eigenvalue weighted by atomic mass is 9.92. The molecule has 274 valence electrons. The number of carboxylic acids is 4. The molecule has 0 bridgehead atoms. The van der Waals surface area contributed by atoms with E-state index >= 15 is 0 Å². The molecule has 2 amide bonds. The van der Waals surface area contributed by atoms with Gasteiger partial charge < -0.3 is 55.4 Å². The quantitative estimate of drug-likeness (QED) is 0.0376.